The largest absolute Gasteiger partial charge is 0.489 e. The van der Waals surface area contributed by atoms with Gasteiger partial charge in [-0.25, -0.2) is 0 Å². The van der Waals surface area contributed by atoms with Crippen LogP contribution in [0.1, 0.15) is 11.1 Å². The highest BCUT2D eigenvalue weighted by Gasteiger charge is 2.10. The zero-order valence-corrected chi connectivity index (χ0v) is 16.0. The van der Waals surface area contributed by atoms with Crippen molar-refractivity contribution >= 4 is 0 Å². The summed E-state index contributed by atoms with van der Waals surface area (Å²) >= 11 is 0. The van der Waals surface area contributed by atoms with E-state index in [1.807, 2.05) is 109 Å². The Morgan fingerprint density at radius 3 is 1.62 bits per heavy atom. The Morgan fingerprint density at radius 1 is 0.448 bits per heavy atom. The molecule has 0 aliphatic carbocycles. The van der Waals surface area contributed by atoms with Gasteiger partial charge in [0.15, 0.2) is 11.5 Å². The minimum Gasteiger partial charge on any atom is -0.489 e. The molecule has 0 amide bonds. The average Bonchev–Trinajstić information content (AvgIpc) is 2.79. The lowest BCUT2D eigenvalue weighted by atomic mass is 10.2. The van der Waals surface area contributed by atoms with E-state index in [-0.39, 0.29) is 0 Å². The Labute approximate surface area is 171 Å². The van der Waals surface area contributed by atoms with Gasteiger partial charge in [0.05, 0.1) is 0 Å². The van der Waals surface area contributed by atoms with Crippen LogP contribution in [0, 0.1) is 0 Å². The van der Waals surface area contributed by atoms with Crippen LogP contribution in [0.5, 0.6) is 23.0 Å². The fourth-order valence-electron chi connectivity index (χ4n) is 2.87. The Bertz CT molecular complexity index is 1020. The molecule has 144 valence electrons. The molecule has 0 radical (unpaired) electrons. The zero-order chi connectivity index (χ0) is 19.7. The van der Waals surface area contributed by atoms with Crippen molar-refractivity contribution in [3.8, 4) is 23.0 Å². The molecule has 4 aromatic rings. The van der Waals surface area contributed by atoms with E-state index in [1.165, 1.54) is 0 Å². The van der Waals surface area contributed by atoms with Crippen molar-refractivity contribution in [2.24, 2.45) is 0 Å². The monoisotopic (exact) mass is 382 g/mol. The van der Waals surface area contributed by atoms with Gasteiger partial charge in [-0.1, -0.05) is 78.9 Å². The van der Waals surface area contributed by atoms with Gasteiger partial charge >= 0.3 is 0 Å². The number of para-hydroxylation sites is 1. The van der Waals surface area contributed by atoms with Gasteiger partial charge in [-0.15, -0.1) is 0 Å². The molecule has 3 nitrogen and oxygen atoms in total. The van der Waals surface area contributed by atoms with Crippen LogP contribution in [0.25, 0.3) is 0 Å². The van der Waals surface area contributed by atoms with Crippen LogP contribution >= 0.6 is 0 Å². The zero-order valence-electron chi connectivity index (χ0n) is 16.0. The predicted molar refractivity (Wildman–Crippen MR) is 115 cm³/mol. The van der Waals surface area contributed by atoms with Crippen molar-refractivity contribution < 1.29 is 14.2 Å². The molecule has 0 aliphatic rings. The third-order valence-corrected chi connectivity index (χ3v) is 4.37. The highest BCUT2D eigenvalue weighted by atomic mass is 16.5. The van der Waals surface area contributed by atoms with Crippen LogP contribution in [0.2, 0.25) is 0 Å². The molecule has 0 unspecified atom stereocenters. The fraction of sp³-hybridized carbons (Fsp3) is 0.0769. The number of hydrogen-bond donors (Lipinski definition) is 0. The maximum Gasteiger partial charge on any atom is 0.169 e. The van der Waals surface area contributed by atoms with Crippen molar-refractivity contribution in [3.05, 3.63) is 120 Å². The molecule has 0 fully saturated rings. The van der Waals surface area contributed by atoms with E-state index in [2.05, 4.69) is 0 Å². The molecule has 0 aromatic heterocycles. The lowest BCUT2D eigenvalue weighted by Crippen LogP contribution is -1.99. The molecule has 0 bridgehead atoms. The molecular formula is C26H22O3. The van der Waals surface area contributed by atoms with Gasteiger partial charge < -0.3 is 14.2 Å². The molecule has 0 atom stereocenters. The van der Waals surface area contributed by atoms with E-state index in [0.717, 1.165) is 22.6 Å². The van der Waals surface area contributed by atoms with Crippen LogP contribution in [0.4, 0.5) is 0 Å². The number of ether oxygens (including phenoxy) is 3. The van der Waals surface area contributed by atoms with Gasteiger partial charge in [0, 0.05) is 6.07 Å². The second kappa shape index (κ2) is 9.47. The minimum absolute atomic E-state index is 0.453. The van der Waals surface area contributed by atoms with Crippen LogP contribution < -0.4 is 14.2 Å². The molecule has 0 spiro atoms. The highest BCUT2D eigenvalue weighted by molar-refractivity contribution is 5.47. The quantitative estimate of drug-likeness (QED) is 0.342. The topological polar surface area (TPSA) is 27.7 Å². The third-order valence-electron chi connectivity index (χ3n) is 4.37. The van der Waals surface area contributed by atoms with Crippen LogP contribution in [-0.2, 0) is 13.2 Å². The normalized spacial score (nSPS) is 10.3. The molecule has 3 heteroatoms. The van der Waals surface area contributed by atoms with Crippen molar-refractivity contribution in [3.63, 3.8) is 0 Å². The van der Waals surface area contributed by atoms with Gasteiger partial charge in [-0.3, -0.25) is 0 Å². The van der Waals surface area contributed by atoms with Gasteiger partial charge in [0.2, 0.25) is 0 Å². The first kappa shape index (κ1) is 18.6. The van der Waals surface area contributed by atoms with E-state index in [0.29, 0.717) is 24.7 Å². The lowest BCUT2D eigenvalue weighted by molar-refractivity contribution is 0.280. The maximum absolute atomic E-state index is 6.08. The van der Waals surface area contributed by atoms with E-state index in [4.69, 9.17) is 14.2 Å². The van der Waals surface area contributed by atoms with E-state index >= 15 is 0 Å². The molecule has 4 aromatic carbocycles. The first-order valence-corrected chi connectivity index (χ1v) is 9.57. The molecule has 0 N–H and O–H groups in total. The SMILES string of the molecule is c1ccc(COc2ccc(Oc3ccccc3)c(OCc3ccccc3)c2)cc1. The summed E-state index contributed by atoms with van der Waals surface area (Å²) in [5.74, 6) is 2.79. The maximum atomic E-state index is 6.08. The van der Waals surface area contributed by atoms with Gasteiger partial charge in [-0.2, -0.15) is 0 Å². The summed E-state index contributed by atoms with van der Waals surface area (Å²) in [4.78, 5) is 0. The predicted octanol–water partition coefficient (Wildman–Crippen LogP) is 6.64. The molecule has 29 heavy (non-hydrogen) atoms. The first-order valence-electron chi connectivity index (χ1n) is 9.57. The fourth-order valence-corrected chi connectivity index (χ4v) is 2.87. The summed E-state index contributed by atoms with van der Waals surface area (Å²) < 4.78 is 18.1. The van der Waals surface area contributed by atoms with Crippen LogP contribution in [0.15, 0.2) is 109 Å². The summed E-state index contributed by atoms with van der Waals surface area (Å²) in [6.45, 7) is 0.950. The van der Waals surface area contributed by atoms with Gasteiger partial charge in [0.25, 0.3) is 0 Å². The Hall–Kier alpha value is -3.72. The summed E-state index contributed by atoms with van der Waals surface area (Å²) in [5.41, 5.74) is 2.21. The van der Waals surface area contributed by atoms with Crippen molar-refractivity contribution in [2.45, 2.75) is 13.2 Å². The molecular weight excluding hydrogens is 360 g/mol. The summed E-state index contributed by atoms with van der Waals surface area (Å²) in [5, 5.41) is 0. The van der Waals surface area contributed by atoms with Crippen molar-refractivity contribution in [2.75, 3.05) is 0 Å². The summed E-state index contributed by atoms with van der Waals surface area (Å²) in [6.07, 6.45) is 0. The smallest absolute Gasteiger partial charge is 0.169 e. The average molecular weight is 382 g/mol. The molecule has 0 saturated heterocycles. The molecule has 0 saturated carbocycles. The number of hydrogen-bond acceptors (Lipinski definition) is 3. The Morgan fingerprint density at radius 2 is 1.00 bits per heavy atom. The van der Waals surface area contributed by atoms with Gasteiger partial charge in [0.1, 0.15) is 24.7 Å². The second-order valence-corrected chi connectivity index (χ2v) is 6.57. The van der Waals surface area contributed by atoms with Crippen LogP contribution in [0.3, 0.4) is 0 Å². The standard InChI is InChI=1S/C26H22O3/c1-4-10-21(11-5-1)19-27-24-16-17-25(29-23-14-8-3-9-15-23)26(18-24)28-20-22-12-6-2-7-13-22/h1-18H,19-20H2. The first-order chi connectivity index (χ1) is 14.4. The third kappa shape index (κ3) is 5.39. The summed E-state index contributed by atoms with van der Waals surface area (Å²) in [6, 6.07) is 35.5. The molecule has 0 aliphatic heterocycles. The van der Waals surface area contributed by atoms with E-state index in [9.17, 15) is 0 Å². The summed E-state index contributed by atoms with van der Waals surface area (Å²) in [7, 11) is 0. The van der Waals surface area contributed by atoms with E-state index in [1.54, 1.807) is 0 Å². The number of benzene rings is 4. The van der Waals surface area contributed by atoms with E-state index < -0.39 is 0 Å². The molecule has 4 rings (SSSR count). The lowest BCUT2D eigenvalue weighted by Gasteiger charge is -2.15. The Kier molecular flexibility index (Phi) is 6.08. The second-order valence-electron chi connectivity index (χ2n) is 6.57. The highest BCUT2D eigenvalue weighted by Crippen LogP contribution is 2.35. The molecule has 0 heterocycles. The Balaban J connectivity index is 1.53. The van der Waals surface area contributed by atoms with Crippen LogP contribution in [-0.4, -0.2) is 0 Å². The van der Waals surface area contributed by atoms with Crippen molar-refractivity contribution in [1.82, 2.24) is 0 Å². The minimum atomic E-state index is 0.453. The van der Waals surface area contributed by atoms with Crippen molar-refractivity contribution in [1.29, 1.82) is 0 Å². The number of rotatable bonds is 8. The van der Waals surface area contributed by atoms with Gasteiger partial charge in [-0.05, 0) is 35.4 Å².